The van der Waals surface area contributed by atoms with Crippen LogP contribution in [0.25, 0.3) is 0 Å². The first-order chi connectivity index (χ1) is 15.8. The first-order valence-corrected chi connectivity index (χ1v) is 10.5. The Balaban J connectivity index is 1.78. The molecule has 0 bridgehead atoms. The minimum absolute atomic E-state index is 0.0403. The van der Waals surface area contributed by atoms with E-state index in [0.29, 0.717) is 0 Å². The number of nitrogens with one attached hydrogen (secondary N) is 2. The summed E-state index contributed by atoms with van der Waals surface area (Å²) < 4.78 is 14.9. The van der Waals surface area contributed by atoms with E-state index in [4.69, 9.17) is 15.2 Å². The van der Waals surface area contributed by atoms with Crippen molar-refractivity contribution in [1.29, 1.82) is 0 Å². The number of hydrogen-bond acceptors (Lipinski definition) is 10. The summed E-state index contributed by atoms with van der Waals surface area (Å²) in [6.45, 7) is 2.32. The fourth-order valence-corrected chi connectivity index (χ4v) is 3.24. The van der Waals surface area contributed by atoms with Crippen LogP contribution in [-0.2, 0) is 19.0 Å². The fourth-order valence-electron chi connectivity index (χ4n) is 2.47. The monoisotopic (exact) mass is 481 g/mol. The Morgan fingerprint density at radius 1 is 1.09 bits per heavy atom. The first-order valence-electron chi connectivity index (χ1n) is 9.67. The molecule has 178 valence electrons. The van der Waals surface area contributed by atoms with Crippen LogP contribution in [0.3, 0.4) is 0 Å². The van der Waals surface area contributed by atoms with Crippen LogP contribution in [0.1, 0.15) is 22.5 Å². The largest absolute Gasteiger partial charge is 0.447 e. The second-order valence-electron chi connectivity index (χ2n) is 6.36. The summed E-state index contributed by atoms with van der Waals surface area (Å²) in [6.07, 6.45) is -0.833. The van der Waals surface area contributed by atoms with Crippen LogP contribution in [0.4, 0.5) is 20.6 Å². The molecule has 1 aromatic carbocycles. The molecule has 0 aliphatic carbocycles. The molecule has 0 aliphatic rings. The number of anilines is 2. The van der Waals surface area contributed by atoms with Crippen LogP contribution >= 0.6 is 11.3 Å². The number of benzene rings is 1. The van der Waals surface area contributed by atoms with E-state index in [1.807, 2.05) is 0 Å². The van der Waals surface area contributed by atoms with Crippen LogP contribution < -0.4 is 16.4 Å². The maximum absolute atomic E-state index is 12.6. The average molecular weight is 481 g/mol. The summed E-state index contributed by atoms with van der Waals surface area (Å²) in [4.78, 5) is 49.6. The first kappa shape index (κ1) is 25.6. The van der Waals surface area contributed by atoms with Gasteiger partial charge in [0.2, 0.25) is 5.91 Å². The Morgan fingerprint density at radius 2 is 1.76 bits per heavy atom. The lowest BCUT2D eigenvalue weighted by atomic mass is 10.1. The van der Waals surface area contributed by atoms with E-state index >= 15 is 0 Å². The number of aryl methyl sites for hydroxylation is 1. The molecule has 0 spiro atoms. The third kappa shape index (κ3) is 8.80. The third-order valence-electron chi connectivity index (χ3n) is 3.92. The number of nitro groups is 1. The van der Waals surface area contributed by atoms with Crippen molar-refractivity contribution in [2.24, 2.45) is 5.73 Å². The number of carbonyl (C=O) groups is 3. The summed E-state index contributed by atoms with van der Waals surface area (Å²) in [5.74, 6) is -0.935. The zero-order valence-electron chi connectivity index (χ0n) is 17.7. The minimum Gasteiger partial charge on any atom is -0.447 e. The quantitative estimate of drug-likeness (QED) is 0.219. The highest BCUT2D eigenvalue weighted by Gasteiger charge is 2.20. The predicted octanol–water partition coefficient (Wildman–Crippen LogP) is 2.07. The number of nitrogens with two attached hydrogens (primary N) is 1. The Bertz CT molecular complexity index is 996. The molecule has 0 aliphatic heterocycles. The minimum atomic E-state index is -0.873. The molecule has 0 saturated carbocycles. The molecule has 13 nitrogen and oxygen atoms in total. The van der Waals surface area contributed by atoms with Crippen molar-refractivity contribution in [2.45, 2.75) is 13.3 Å². The highest BCUT2D eigenvalue weighted by Crippen LogP contribution is 2.30. The van der Waals surface area contributed by atoms with Gasteiger partial charge in [-0.3, -0.25) is 25.0 Å². The highest BCUT2D eigenvalue weighted by molar-refractivity contribution is 7.19. The van der Waals surface area contributed by atoms with Gasteiger partial charge >= 0.3 is 11.1 Å². The van der Waals surface area contributed by atoms with E-state index in [0.717, 1.165) is 11.3 Å². The maximum Gasteiger partial charge on any atom is 0.404 e. The van der Waals surface area contributed by atoms with Gasteiger partial charge in [0.25, 0.3) is 5.91 Å². The number of primary amides is 1. The van der Waals surface area contributed by atoms with Crippen LogP contribution in [0.5, 0.6) is 0 Å². The van der Waals surface area contributed by atoms with Gasteiger partial charge in [0.1, 0.15) is 12.3 Å². The molecule has 4 N–H and O–H groups in total. The van der Waals surface area contributed by atoms with Gasteiger partial charge in [0, 0.05) is 0 Å². The van der Waals surface area contributed by atoms with Gasteiger partial charge in [-0.1, -0.05) is 12.1 Å². The van der Waals surface area contributed by atoms with Gasteiger partial charge < -0.3 is 25.3 Å². The number of ether oxygens (including phenoxy) is 3. The van der Waals surface area contributed by atoms with Gasteiger partial charge in [-0.15, -0.1) is 0 Å². The summed E-state index contributed by atoms with van der Waals surface area (Å²) >= 11 is 0.750. The molecule has 0 saturated heterocycles. The predicted molar refractivity (Wildman–Crippen MR) is 118 cm³/mol. The molecule has 0 radical (unpaired) electrons. The van der Waals surface area contributed by atoms with E-state index in [-0.39, 0.29) is 72.4 Å². The second kappa shape index (κ2) is 13.0. The summed E-state index contributed by atoms with van der Waals surface area (Å²) in [5, 5.41) is 16.0. The average Bonchev–Trinajstić information content (AvgIpc) is 3.12. The normalized spacial score (nSPS) is 10.5. The molecule has 0 fully saturated rings. The lowest BCUT2D eigenvalue weighted by molar-refractivity contribution is -0.380. The smallest absolute Gasteiger partial charge is 0.404 e. The van der Waals surface area contributed by atoms with Crippen molar-refractivity contribution in [3.05, 3.63) is 45.6 Å². The second-order valence-corrected chi connectivity index (χ2v) is 7.33. The SMILES string of the molecule is Cc1nc(NC(=O)c2ccccc2NC(=O)CCOCCOCCOC(N)=O)sc1[N+](=O)[O-]. The molecule has 1 heterocycles. The molecule has 1 aromatic heterocycles. The van der Waals surface area contributed by atoms with E-state index < -0.39 is 16.9 Å². The van der Waals surface area contributed by atoms with Crippen molar-refractivity contribution in [1.82, 2.24) is 4.98 Å². The van der Waals surface area contributed by atoms with Gasteiger partial charge in [-0.05, 0) is 30.4 Å². The van der Waals surface area contributed by atoms with Crippen molar-refractivity contribution in [2.75, 3.05) is 43.7 Å². The lowest BCUT2D eigenvalue weighted by Crippen LogP contribution is -2.19. The van der Waals surface area contributed by atoms with Crippen LogP contribution in [0.15, 0.2) is 24.3 Å². The summed E-state index contributed by atoms with van der Waals surface area (Å²) in [5.41, 5.74) is 5.46. The molecule has 2 aromatic rings. The molecule has 3 amide bonds. The van der Waals surface area contributed by atoms with E-state index in [9.17, 15) is 24.5 Å². The van der Waals surface area contributed by atoms with Crippen molar-refractivity contribution >= 4 is 45.1 Å². The van der Waals surface area contributed by atoms with Crippen LogP contribution in [0.2, 0.25) is 0 Å². The molecule has 0 atom stereocenters. The lowest BCUT2D eigenvalue weighted by Gasteiger charge is -2.11. The van der Waals surface area contributed by atoms with Gasteiger partial charge in [0.15, 0.2) is 5.13 Å². The summed E-state index contributed by atoms with van der Waals surface area (Å²) in [7, 11) is 0. The van der Waals surface area contributed by atoms with E-state index in [1.165, 1.54) is 13.0 Å². The van der Waals surface area contributed by atoms with Crippen molar-refractivity contribution < 1.29 is 33.5 Å². The Labute approximate surface area is 192 Å². The molecular formula is C19H23N5O8S. The Morgan fingerprint density at radius 3 is 2.42 bits per heavy atom. The zero-order chi connectivity index (χ0) is 24.2. The molecule has 2 rings (SSSR count). The summed E-state index contributed by atoms with van der Waals surface area (Å²) in [6, 6.07) is 6.35. The van der Waals surface area contributed by atoms with E-state index in [2.05, 4.69) is 20.4 Å². The Hall–Kier alpha value is -3.62. The number of carbonyl (C=O) groups excluding carboxylic acids is 3. The number of thiazole rings is 1. The van der Waals surface area contributed by atoms with E-state index in [1.54, 1.807) is 18.2 Å². The number of aromatic nitrogens is 1. The molecule has 33 heavy (non-hydrogen) atoms. The maximum atomic E-state index is 12.6. The highest BCUT2D eigenvalue weighted by atomic mass is 32.1. The molecule has 14 heteroatoms. The van der Waals surface area contributed by atoms with Gasteiger partial charge in [-0.25, -0.2) is 9.78 Å². The fraction of sp³-hybridized carbons (Fsp3) is 0.368. The standard InChI is InChI=1S/C19H23N5O8S/c1-12-17(24(28)29)33-19(21-12)23-16(26)13-4-2-3-5-14(13)22-15(25)6-7-30-8-9-31-10-11-32-18(20)27/h2-5H,6-11H2,1H3,(H2,20,27)(H,22,25)(H,21,23,26). The van der Waals surface area contributed by atoms with Crippen LogP contribution in [0, 0.1) is 17.0 Å². The van der Waals surface area contributed by atoms with Crippen molar-refractivity contribution in [3.8, 4) is 0 Å². The number of hydrogen-bond donors (Lipinski definition) is 3. The third-order valence-corrected chi connectivity index (χ3v) is 4.95. The number of para-hydroxylation sites is 1. The number of rotatable bonds is 13. The number of nitrogens with zero attached hydrogens (tertiary/aromatic N) is 2. The Kier molecular flexibility index (Phi) is 10.1. The van der Waals surface area contributed by atoms with Gasteiger partial charge in [0.05, 0.1) is 49.0 Å². The van der Waals surface area contributed by atoms with Crippen molar-refractivity contribution in [3.63, 3.8) is 0 Å². The molecular weight excluding hydrogens is 458 g/mol. The topological polar surface area (TPSA) is 185 Å². The van der Waals surface area contributed by atoms with Crippen LogP contribution in [-0.4, -0.2) is 60.8 Å². The zero-order valence-corrected chi connectivity index (χ0v) is 18.5. The molecule has 0 unspecified atom stereocenters. The van der Waals surface area contributed by atoms with Gasteiger partial charge in [-0.2, -0.15) is 0 Å². The number of amides is 3.